The molecule has 13 heteroatoms. The molecule has 1 aliphatic rings. The Morgan fingerprint density at radius 2 is 1.89 bits per heavy atom. The quantitative estimate of drug-likeness (QED) is 0.212. The molecule has 3 aromatic carbocycles. The van der Waals surface area contributed by atoms with Crippen molar-refractivity contribution in [1.82, 2.24) is 14.8 Å². The van der Waals surface area contributed by atoms with E-state index in [0.29, 0.717) is 51.0 Å². The molecule has 1 fully saturated rings. The molecule has 6 rings (SSSR count). The number of hydrogen-bond donors (Lipinski definition) is 2. The molecule has 0 unspecified atom stereocenters. The predicted molar refractivity (Wildman–Crippen MR) is 159 cm³/mol. The van der Waals surface area contributed by atoms with Crippen LogP contribution in [0.5, 0.6) is 0 Å². The molecular weight excluding hydrogens is 609 g/mol. The van der Waals surface area contributed by atoms with Crippen molar-refractivity contribution in [3.63, 3.8) is 0 Å². The molecule has 0 atom stereocenters. The maximum absolute atomic E-state index is 15.2. The average Bonchev–Trinajstić information content (AvgIpc) is 3.55. The van der Waals surface area contributed by atoms with Gasteiger partial charge < -0.3 is 5.11 Å². The second-order valence-corrected chi connectivity index (χ2v) is 12.9. The van der Waals surface area contributed by atoms with Crippen LogP contribution in [0, 0.1) is 28.9 Å². The molecule has 0 aliphatic heterocycles. The van der Waals surface area contributed by atoms with Gasteiger partial charge in [-0.2, -0.15) is 10.4 Å². The number of carboxylic acids is 1. The highest BCUT2D eigenvalue weighted by atomic mass is 32.2. The van der Waals surface area contributed by atoms with Gasteiger partial charge in [0.05, 0.1) is 23.0 Å². The lowest BCUT2D eigenvalue weighted by Crippen LogP contribution is -2.14. The third-order valence-corrected chi connectivity index (χ3v) is 9.15. The monoisotopic (exact) mass is 631 g/mol. The number of nitriles is 1. The second kappa shape index (κ2) is 11.4. The predicted octanol–water partition coefficient (Wildman–Crippen LogP) is 5.70. The summed E-state index contributed by atoms with van der Waals surface area (Å²) in [6, 6.07) is 16.8. The molecule has 2 heterocycles. The summed E-state index contributed by atoms with van der Waals surface area (Å²) in [5.41, 5.74) is 3.81. The van der Waals surface area contributed by atoms with E-state index in [1.165, 1.54) is 17.5 Å². The number of benzene rings is 3. The number of nitrogens with two attached hydrogens (primary N) is 1. The second-order valence-electron chi connectivity index (χ2n) is 10.5. The molecule has 3 N–H and O–H groups in total. The Hall–Kier alpha value is -4.77. The number of carboxylic acid groups (broad SMARTS) is 1. The standard InChI is InChI=1S/C31H23F2N5O4S2/c32-24-8-7-21(14-22(24)20-3-1-2-19(10-20)15-34)29-23(11-18-6-9-28(25(33)12-18)44(35,41)42)27(13-17-4-5-17)38(37-29)31-36-26(16-43-31)30(39)40/h1-3,6-10,12,14,16-17H,4-5,11,13H2,(H,39,40)(H2,35,41,42). The van der Waals surface area contributed by atoms with Gasteiger partial charge in [0.1, 0.15) is 16.5 Å². The van der Waals surface area contributed by atoms with Gasteiger partial charge in [-0.3, -0.25) is 0 Å². The van der Waals surface area contributed by atoms with Gasteiger partial charge in [0.2, 0.25) is 15.2 Å². The van der Waals surface area contributed by atoms with E-state index in [1.54, 1.807) is 41.1 Å². The highest BCUT2D eigenvalue weighted by Gasteiger charge is 2.30. The van der Waals surface area contributed by atoms with Crippen molar-refractivity contribution >= 4 is 27.3 Å². The molecular formula is C31H23F2N5O4S2. The molecule has 1 saturated carbocycles. The number of thiazole rings is 1. The fourth-order valence-corrected chi connectivity index (χ4v) is 6.43. The van der Waals surface area contributed by atoms with Crippen LogP contribution in [0.25, 0.3) is 27.5 Å². The molecule has 1 aliphatic carbocycles. The summed E-state index contributed by atoms with van der Waals surface area (Å²) in [5, 5.41) is 30.6. The number of halogens is 2. The van der Waals surface area contributed by atoms with Crippen molar-refractivity contribution < 1.29 is 27.1 Å². The van der Waals surface area contributed by atoms with Crippen LogP contribution in [0.4, 0.5) is 8.78 Å². The van der Waals surface area contributed by atoms with E-state index in [0.717, 1.165) is 42.0 Å². The summed E-state index contributed by atoms with van der Waals surface area (Å²) in [6.45, 7) is 0. The molecule has 0 amide bonds. The summed E-state index contributed by atoms with van der Waals surface area (Å²) in [4.78, 5) is 15.2. The van der Waals surface area contributed by atoms with Crippen molar-refractivity contribution in [2.45, 2.75) is 30.6 Å². The van der Waals surface area contributed by atoms with Gasteiger partial charge >= 0.3 is 5.97 Å². The van der Waals surface area contributed by atoms with Gasteiger partial charge in [-0.25, -0.2) is 36.8 Å². The van der Waals surface area contributed by atoms with Crippen molar-refractivity contribution in [2.24, 2.45) is 11.1 Å². The summed E-state index contributed by atoms with van der Waals surface area (Å²) in [7, 11) is -4.27. The van der Waals surface area contributed by atoms with E-state index in [2.05, 4.69) is 11.1 Å². The van der Waals surface area contributed by atoms with Crippen LogP contribution in [0.1, 0.15) is 45.7 Å². The van der Waals surface area contributed by atoms with E-state index >= 15 is 4.39 Å². The zero-order chi connectivity index (χ0) is 31.2. The Labute approximate surface area is 254 Å². The SMILES string of the molecule is N#Cc1cccc(-c2cc(-c3nn(-c4nc(C(=O)O)cs4)c(CC4CC4)c3Cc3ccc(S(N)(=O)=O)c(F)c3)ccc2F)c1. The molecule has 5 aromatic rings. The number of hydrogen-bond acceptors (Lipinski definition) is 7. The van der Waals surface area contributed by atoms with E-state index in [-0.39, 0.29) is 17.7 Å². The summed E-state index contributed by atoms with van der Waals surface area (Å²) in [5.74, 6) is -2.32. The molecule has 222 valence electrons. The largest absolute Gasteiger partial charge is 0.476 e. The van der Waals surface area contributed by atoms with Gasteiger partial charge in [-0.05, 0) is 78.8 Å². The fraction of sp³-hybridized carbons (Fsp3) is 0.161. The van der Waals surface area contributed by atoms with Crippen LogP contribution in [0.2, 0.25) is 0 Å². The summed E-state index contributed by atoms with van der Waals surface area (Å²) in [6.07, 6.45) is 2.70. The maximum Gasteiger partial charge on any atom is 0.355 e. The van der Waals surface area contributed by atoms with Crippen molar-refractivity contribution in [1.29, 1.82) is 5.26 Å². The van der Waals surface area contributed by atoms with E-state index in [4.69, 9.17) is 10.2 Å². The van der Waals surface area contributed by atoms with Gasteiger partial charge in [-0.1, -0.05) is 18.2 Å². The molecule has 2 aromatic heterocycles. The number of sulfonamides is 1. The Bertz CT molecular complexity index is 2100. The smallest absolute Gasteiger partial charge is 0.355 e. The van der Waals surface area contributed by atoms with Gasteiger partial charge in [-0.15, -0.1) is 11.3 Å². The maximum atomic E-state index is 15.2. The Morgan fingerprint density at radius 1 is 1.09 bits per heavy atom. The first kappa shape index (κ1) is 29.3. The average molecular weight is 632 g/mol. The van der Waals surface area contributed by atoms with Crippen molar-refractivity contribution in [3.05, 3.63) is 106 Å². The minimum Gasteiger partial charge on any atom is -0.476 e. The summed E-state index contributed by atoms with van der Waals surface area (Å²) < 4.78 is 55.2. The van der Waals surface area contributed by atoms with Gasteiger partial charge in [0, 0.05) is 28.5 Å². The molecule has 0 saturated heterocycles. The number of primary sulfonamides is 1. The molecule has 0 bridgehead atoms. The number of aromatic nitrogens is 3. The van der Waals surface area contributed by atoms with Crippen molar-refractivity contribution in [2.75, 3.05) is 0 Å². The van der Waals surface area contributed by atoms with E-state index < -0.39 is 32.5 Å². The number of carbonyl (C=O) groups is 1. The van der Waals surface area contributed by atoms with Crippen LogP contribution in [0.15, 0.2) is 70.9 Å². The van der Waals surface area contributed by atoms with E-state index in [9.17, 15) is 28.0 Å². The lowest BCUT2D eigenvalue weighted by Gasteiger charge is -2.11. The van der Waals surface area contributed by atoms with Crippen LogP contribution in [-0.4, -0.2) is 34.3 Å². The number of rotatable bonds is 9. The van der Waals surface area contributed by atoms with Gasteiger partial charge in [0.15, 0.2) is 5.69 Å². The molecule has 0 spiro atoms. The summed E-state index contributed by atoms with van der Waals surface area (Å²) >= 11 is 1.11. The zero-order valence-corrected chi connectivity index (χ0v) is 24.5. The first-order chi connectivity index (χ1) is 21.0. The van der Waals surface area contributed by atoms with E-state index in [1.807, 2.05) is 0 Å². The first-order valence-electron chi connectivity index (χ1n) is 13.4. The molecule has 0 radical (unpaired) electrons. The normalized spacial score (nSPS) is 13.1. The zero-order valence-electron chi connectivity index (χ0n) is 22.9. The van der Waals surface area contributed by atoms with Crippen molar-refractivity contribution in [3.8, 4) is 33.6 Å². The van der Waals surface area contributed by atoms with Crippen LogP contribution in [0.3, 0.4) is 0 Å². The number of nitrogens with zero attached hydrogens (tertiary/aromatic N) is 4. The highest BCUT2D eigenvalue weighted by Crippen LogP contribution is 2.39. The lowest BCUT2D eigenvalue weighted by atomic mass is 9.94. The minimum atomic E-state index is -4.27. The fourth-order valence-electron chi connectivity index (χ4n) is 5.07. The third-order valence-electron chi connectivity index (χ3n) is 7.39. The third kappa shape index (κ3) is 5.87. The minimum absolute atomic E-state index is 0.132. The topological polar surface area (TPSA) is 152 Å². The van der Waals surface area contributed by atoms with Crippen LogP contribution >= 0.6 is 11.3 Å². The lowest BCUT2D eigenvalue weighted by molar-refractivity contribution is 0.0691. The number of aromatic carboxylic acids is 1. The Balaban J connectivity index is 1.55. The Kier molecular flexibility index (Phi) is 7.58. The Morgan fingerprint density at radius 3 is 2.55 bits per heavy atom. The van der Waals surface area contributed by atoms with Crippen LogP contribution < -0.4 is 5.14 Å². The highest BCUT2D eigenvalue weighted by molar-refractivity contribution is 7.89. The van der Waals surface area contributed by atoms with Crippen LogP contribution in [-0.2, 0) is 22.9 Å². The molecule has 9 nitrogen and oxygen atoms in total. The van der Waals surface area contributed by atoms with Gasteiger partial charge in [0.25, 0.3) is 0 Å². The first-order valence-corrected chi connectivity index (χ1v) is 15.9. The molecule has 44 heavy (non-hydrogen) atoms.